The molecule has 5 nitrogen and oxygen atoms in total. The lowest BCUT2D eigenvalue weighted by molar-refractivity contribution is -0.143. The van der Waals surface area contributed by atoms with Crippen LogP contribution in [0.15, 0.2) is 18.2 Å². The van der Waals surface area contributed by atoms with Gasteiger partial charge in [0, 0.05) is 25.2 Å². The Morgan fingerprint density at radius 1 is 1.08 bits per heavy atom. The highest BCUT2D eigenvalue weighted by Gasteiger charge is 2.34. The number of hydrogen-bond acceptors (Lipinski definition) is 2. The number of likely N-dealkylation sites (tertiary alicyclic amines) is 1. The molecule has 0 aromatic heterocycles. The van der Waals surface area contributed by atoms with E-state index in [1.54, 1.807) is 4.90 Å². The van der Waals surface area contributed by atoms with Crippen molar-refractivity contribution in [3.63, 3.8) is 0 Å². The van der Waals surface area contributed by atoms with Crippen molar-refractivity contribution in [3.05, 3.63) is 35.4 Å². The third kappa shape index (κ3) is 3.66. The number of nitrogens with one attached hydrogen (secondary N) is 1. The largest absolute Gasteiger partial charge is 0.481 e. The van der Waals surface area contributed by atoms with Crippen molar-refractivity contribution in [1.29, 1.82) is 0 Å². The zero-order valence-electron chi connectivity index (χ0n) is 13.2. The van der Waals surface area contributed by atoms with Crippen molar-refractivity contribution < 1.29 is 23.5 Å². The Morgan fingerprint density at radius 3 is 2.21 bits per heavy atom. The Hall–Kier alpha value is -2.18. The first kappa shape index (κ1) is 16.7. The number of rotatable bonds is 3. The number of piperidine rings is 1. The van der Waals surface area contributed by atoms with Crippen LogP contribution in [0.25, 0.3) is 0 Å². The molecule has 130 valence electrons. The smallest absolute Gasteiger partial charge is 0.317 e. The highest BCUT2D eigenvalue weighted by atomic mass is 19.1. The van der Waals surface area contributed by atoms with Crippen molar-refractivity contribution in [2.45, 2.75) is 37.6 Å². The number of halogens is 2. The molecule has 1 saturated heterocycles. The lowest BCUT2D eigenvalue weighted by atomic mass is 9.76. The SMILES string of the molecule is O=C(O)C1CCN(C(=O)NC2CC(c3cc(F)cc(F)c3)C2)CC1. The number of carboxylic acids is 1. The molecule has 2 aliphatic rings. The van der Waals surface area contributed by atoms with Crippen LogP contribution in [0.4, 0.5) is 13.6 Å². The maximum atomic E-state index is 13.2. The maximum absolute atomic E-state index is 13.2. The molecule has 2 N–H and O–H groups in total. The number of urea groups is 1. The van der Waals surface area contributed by atoms with Gasteiger partial charge in [0.15, 0.2) is 0 Å². The molecule has 24 heavy (non-hydrogen) atoms. The van der Waals surface area contributed by atoms with E-state index in [9.17, 15) is 18.4 Å². The number of carbonyl (C=O) groups excluding carboxylic acids is 1. The number of hydrogen-bond donors (Lipinski definition) is 2. The summed E-state index contributed by atoms with van der Waals surface area (Å²) in [5.74, 6) is -2.29. The summed E-state index contributed by atoms with van der Waals surface area (Å²) >= 11 is 0. The molecular formula is C17H20F2N2O3. The van der Waals surface area contributed by atoms with Crippen LogP contribution in [0.1, 0.15) is 37.2 Å². The monoisotopic (exact) mass is 338 g/mol. The molecule has 0 bridgehead atoms. The van der Waals surface area contributed by atoms with Gasteiger partial charge in [0.25, 0.3) is 0 Å². The van der Waals surface area contributed by atoms with E-state index in [4.69, 9.17) is 5.11 Å². The quantitative estimate of drug-likeness (QED) is 0.890. The molecule has 7 heteroatoms. The molecule has 1 saturated carbocycles. The molecule has 1 aliphatic heterocycles. The summed E-state index contributed by atoms with van der Waals surface area (Å²) < 4.78 is 26.5. The molecule has 0 unspecified atom stereocenters. The third-order valence-corrected chi connectivity index (χ3v) is 4.95. The summed E-state index contributed by atoms with van der Waals surface area (Å²) in [5, 5.41) is 11.9. The summed E-state index contributed by atoms with van der Waals surface area (Å²) in [4.78, 5) is 24.7. The average Bonchev–Trinajstić information content (AvgIpc) is 2.49. The van der Waals surface area contributed by atoms with Gasteiger partial charge in [-0.15, -0.1) is 0 Å². The highest BCUT2D eigenvalue weighted by molar-refractivity contribution is 5.75. The molecule has 2 fully saturated rings. The molecule has 1 aromatic rings. The Labute approximate surface area is 138 Å². The van der Waals surface area contributed by atoms with E-state index in [1.807, 2.05) is 0 Å². The number of benzene rings is 1. The van der Waals surface area contributed by atoms with Gasteiger partial charge in [0.2, 0.25) is 0 Å². The average molecular weight is 338 g/mol. The molecule has 0 atom stereocenters. The summed E-state index contributed by atoms with van der Waals surface area (Å²) in [6, 6.07) is 3.33. The standard InChI is InChI=1S/C17H20F2N2O3/c18-13-5-11(6-14(19)9-13)12-7-15(8-12)20-17(24)21-3-1-10(2-4-21)16(22)23/h5-6,9-10,12,15H,1-4,7-8H2,(H,20,24)(H,22,23). The zero-order chi connectivity index (χ0) is 17.3. The molecule has 1 heterocycles. The van der Waals surface area contributed by atoms with Crippen molar-refractivity contribution in [3.8, 4) is 0 Å². The van der Waals surface area contributed by atoms with Gasteiger partial charge in [0.05, 0.1) is 5.92 Å². The first-order valence-electron chi connectivity index (χ1n) is 8.16. The lowest BCUT2D eigenvalue weighted by Gasteiger charge is -2.38. The molecule has 3 rings (SSSR count). The van der Waals surface area contributed by atoms with Crippen LogP contribution in [0.3, 0.4) is 0 Å². The molecule has 2 amide bonds. The van der Waals surface area contributed by atoms with Gasteiger partial charge in [0.1, 0.15) is 11.6 Å². The van der Waals surface area contributed by atoms with E-state index < -0.39 is 17.6 Å². The Morgan fingerprint density at radius 2 is 1.67 bits per heavy atom. The van der Waals surface area contributed by atoms with Crippen LogP contribution in [0.2, 0.25) is 0 Å². The number of nitrogens with zero attached hydrogens (tertiary/aromatic N) is 1. The predicted octanol–water partition coefficient (Wildman–Crippen LogP) is 2.72. The van der Waals surface area contributed by atoms with Crippen LogP contribution in [-0.2, 0) is 4.79 Å². The van der Waals surface area contributed by atoms with E-state index in [1.165, 1.54) is 12.1 Å². The predicted molar refractivity (Wildman–Crippen MR) is 82.6 cm³/mol. The Balaban J connectivity index is 1.45. The minimum Gasteiger partial charge on any atom is -0.481 e. The van der Waals surface area contributed by atoms with Crippen LogP contribution in [0.5, 0.6) is 0 Å². The molecule has 1 aliphatic carbocycles. The Bertz CT molecular complexity index is 618. The fourth-order valence-corrected chi connectivity index (χ4v) is 3.41. The number of carbonyl (C=O) groups is 2. The van der Waals surface area contributed by atoms with E-state index in [0.29, 0.717) is 44.3 Å². The van der Waals surface area contributed by atoms with E-state index >= 15 is 0 Å². The van der Waals surface area contributed by atoms with Gasteiger partial charge in [-0.3, -0.25) is 4.79 Å². The van der Waals surface area contributed by atoms with Gasteiger partial charge >= 0.3 is 12.0 Å². The second-order valence-electron chi connectivity index (χ2n) is 6.62. The number of carboxylic acid groups (broad SMARTS) is 1. The molecule has 0 radical (unpaired) electrons. The van der Waals surface area contributed by atoms with Crippen molar-refractivity contribution in [2.75, 3.05) is 13.1 Å². The van der Waals surface area contributed by atoms with Crippen molar-refractivity contribution in [2.24, 2.45) is 5.92 Å². The van der Waals surface area contributed by atoms with Gasteiger partial charge in [-0.1, -0.05) is 0 Å². The fourth-order valence-electron chi connectivity index (χ4n) is 3.41. The van der Waals surface area contributed by atoms with Crippen LogP contribution >= 0.6 is 0 Å². The summed E-state index contributed by atoms with van der Waals surface area (Å²) in [6.07, 6.45) is 2.25. The first-order valence-corrected chi connectivity index (χ1v) is 8.16. The summed E-state index contributed by atoms with van der Waals surface area (Å²) in [6.45, 7) is 0.877. The van der Waals surface area contributed by atoms with Crippen LogP contribution in [-0.4, -0.2) is 41.1 Å². The van der Waals surface area contributed by atoms with Gasteiger partial charge in [-0.25, -0.2) is 13.6 Å². The topological polar surface area (TPSA) is 69.6 Å². The van der Waals surface area contributed by atoms with Crippen molar-refractivity contribution >= 4 is 12.0 Å². The van der Waals surface area contributed by atoms with E-state index in [2.05, 4.69) is 5.32 Å². The van der Waals surface area contributed by atoms with Gasteiger partial charge in [-0.05, 0) is 49.3 Å². The number of amides is 2. The summed E-state index contributed by atoms with van der Waals surface area (Å²) in [7, 11) is 0. The normalized spacial score (nSPS) is 24.3. The van der Waals surface area contributed by atoms with Crippen LogP contribution in [0, 0.1) is 17.6 Å². The van der Waals surface area contributed by atoms with Crippen molar-refractivity contribution in [1.82, 2.24) is 10.2 Å². The zero-order valence-corrected chi connectivity index (χ0v) is 13.2. The molecule has 1 aromatic carbocycles. The maximum Gasteiger partial charge on any atom is 0.317 e. The van der Waals surface area contributed by atoms with E-state index in [-0.39, 0.29) is 23.9 Å². The second kappa shape index (κ2) is 6.75. The molecule has 0 spiro atoms. The third-order valence-electron chi connectivity index (χ3n) is 4.95. The van der Waals surface area contributed by atoms with Crippen LogP contribution < -0.4 is 5.32 Å². The minimum atomic E-state index is -0.806. The minimum absolute atomic E-state index is 0.00831. The fraction of sp³-hybridized carbons (Fsp3) is 0.529. The highest BCUT2D eigenvalue weighted by Crippen LogP contribution is 2.37. The van der Waals surface area contributed by atoms with Gasteiger partial charge in [-0.2, -0.15) is 0 Å². The molecular weight excluding hydrogens is 318 g/mol. The number of aliphatic carboxylic acids is 1. The second-order valence-corrected chi connectivity index (χ2v) is 6.62. The Kier molecular flexibility index (Phi) is 4.69. The van der Waals surface area contributed by atoms with E-state index in [0.717, 1.165) is 6.07 Å². The first-order chi connectivity index (χ1) is 11.4. The van der Waals surface area contributed by atoms with Gasteiger partial charge < -0.3 is 15.3 Å². The lowest BCUT2D eigenvalue weighted by Crippen LogP contribution is -2.51. The summed E-state index contributed by atoms with van der Waals surface area (Å²) in [5.41, 5.74) is 0.625.